The van der Waals surface area contributed by atoms with Gasteiger partial charge in [0.05, 0.1) is 17.4 Å². The van der Waals surface area contributed by atoms with Crippen LogP contribution >= 0.6 is 31.9 Å². The smallest absolute Gasteiger partial charge is 0.256 e. The van der Waals surface area contributed by atoms with E-state index in [1.807, 2.05) is 12.1 Å². The lowest BCUT2D eigenvalue weighted by Gasteiger charge is -2.05. The van der Waals surface area contributed by atoms with Crippen molar-refractivity contribution in [3.8, 4) is 0 Å². The molecule has 6 heteroatoms. The number of aromatic nitrogens is 2. The summed E-state index contributed by atoms with van der Waals surface area (Å²) in [5, 5.41) is 6.76. The molecule has 0 saturated heterocycles. The minimum absolute atomic E-state index is 0.175. The van der Waals surface area contributed by atoms with Crippen molar-refractivity contribution in [1.82, 2.24) is 9.78 Å². The monoisotopic (exact) mass is 357 g/mol. The summed E-state index contributed by atoms with van der Waals surface area (Å²) >= 11 is 6.68. The van der Waals surface area contributed by atoms with Gasteiger partial charge >= 0.3 is 0 Å². The molecule has 0 aliphatic rings. The molecule has 1 amide bonds. The summed E-state index contributed by atoms with van der Waals surface area (Å²) in [7, 11) is 1.80. The molecule has 1 heterocycles. The van der Waals surface area contributed by atoms with E-state index in [1.165, 1.54) is 0 Å². The highest BCUT2D eigenvalue weighted by atomic mass is 79.9. The molecule has 1 aromatic carbocycles. The second-order valence-corrected chi connectivity index (χ2v) is 5.25. The van der Waals surface area contributed by atoms with Crippen LogP contribution in [0, 0.1) is 0 Å². The SMILES string of the molecule is Cn1cc(NC(=O)c2cc(Br)ccc2Br)cn1. The van der Waals surface area contributed by atoms with Gasteiger partial charge in [-0.25, -0.2) is 0 Å². The maximum absolute atomic E-state index is 12.0. The van der Waals surface area contributed by atoms with Crippen molar-refractivity contribution in [2.75, 3.05) is 5.32 Å². The van der Waals surface area contributed by atoms with Crippen molar-refractivity contribution in [3.05, 3.63) is 45.1 Å². The Morgan fingerprint density at radius 3 is 2.82 bits per heavy atom. The van der Waals surface area contributed by atoms with Gasteiger partial charge in [-0.3, -0.25) is 9.48 Å². The Morgan fingerprint density at radius 1 is 1.41 bits per heavy atom. The molecule has 0 saturated carbocycles. The number of carbonyl (C=O) groups is 1. The van der Waals surface area contributed by atoms with Crippen LogP contribution in [0.1, 0.15) is 10.4 Å². The fourth-order valence-corrected chi connectivity index (χ4v) is 2.14. The molecular weight excluding hydrogens is 350 g/mol. The summed E-state index contributed by atoms with van der Waals surface area (Å²) in [6, 6.07) is 5.45. The Labute approximate surface area is 115 Å². The second kappa shape index (κ2) is 5.01. The zero-order chi connectivity index (χ0) is 12.4. The van der Waals surface area contributed by atoms with Gasteiger partial charge < -0.3 is 5.32 Å². The largest absolute Gasteiger partial charge is 0.319 e. The number of aryl methyl sites for hydroxylation is 1. The molecule has 0 fully saturated rings. The van der Waals surface area contributed by atoms with Gasteiger partial charge in [0.15, 0.2) is 0 Å². The number of benzene rings is 1. The minimum Gasteiger partial charge on any atom is -0.319 e. The van der Waals surface area contributed by atoms with Crippen LogP contribution < -0.4 is 5.32 Å². The predicted molar refractivity (Wildman–Crippen MR) is 73.0 cm³/mol. The molecule has 0 aliphatic carbocycles. The molecule has 1 N–H and O–H groups in total. The number of nitrogens with zero attached hydrogens (tertiary/aromatic N) is 2. The first-order valence-corrected chi connectivity index (χ1v) is 6.40. The number of rotatable bonds is 2. The quantitative estimate of drug-likeness (QED) is 0.896. The van der Waals surface area contributed by atoms with Crippen LogP contribution in [0.3, 0.4) is 0 Å². The number of nitrogens with one attached hydrogen (secondary N) is 1. The topological polar surface area (TPSA) is 46.9 Å². The van der Waals surface area contributed by atoms with Gasteiger partial charge in [-0.2, -0.15) is 5.10 Å². The maximum atomic E-state index is 12.0. The van der Waals surface area contributed by atoms with E-state index in [1.54, 1.807) is 30.2 Å². The molecule has 0 atom stereocenters. The van der Waals surface area contributed by atoms with Gasteiger partial charge in [-0.15, -0.1) is 0 Å². The van der Waals surface area contributed by atoms with E-state index in [0.29, 0.717) is 11.3 Å². The average molecular weight is 359 g/mol. The molecule has 2 rings (SSSR count). The standard InChI is InChI=1S/C11H9Br2N3O/c1-16-6-8(5-14-16)15-11(17)9-4-7(12)2-3-10(9)13/h2-6H,1H3,(H,15,17). The average Bonchev–Trinajstić information content (AvgIpc) is 2.67. The summed E-state index contributed by atoms with van der Waals surface area (Å²) in [6.45, 7) is 0. The Bertz CT molecular complexity index is 566. The van der Waals surface area contributed by atoms with E-state index in [0.717, 1.165) is 8.95 Å². The number of hydrogen-bond donors (Lipinski definition) is 1. The van der Waals surface area contributed by atoms with E-state index in [9.17, 15) is 4.79 Å². The number of halogens is 2. The molecule has 88 valence electrons. The second-order valence-electron chi connectivity index (χ2n) is 3.48. The molecular formula is C11H9Br2N3O. The zero-order valence-corrected chi connectivity index (χ0v) is 12.1. The van der Waals surface area contributed by atoms with Crippen LogP contribution in [-0.2, 0) is 7.05 Å². The van der Waals surface area contributed by atoms with Crippen molar-refractivity contribution in [2.24, 2.45) is 7.05 Å². The van der Waals surface area contributed by atoms with E-state index in [4.69, 9.17) is 0 Å². The summed E-state index contributed by atoms with van der Waals surface area (Å²) in [5.74, 6) is -0.175. The van der Waals surface area contributed by atoms with Crippen LogP contribution in [-0.4, -0.2) is 15.7 Å². The molecule has 1 aromatic heterocycles. The Balaban J connectivity index is 2.22. The first-order valence-electron chi connectivity index (χ1n) is 4.81. The highest BCUT2D eigenvalue weighted by Gasteiger charge is 2.11. The lowest BCUT2D eigenvalue weighted by atomic mass is 10.2. The van der Waals surface area contributed by atoms with Gasteiger partial charge in [-0.1, -0.05) is 15.9 Å². The van der Waals surface area contributed by atoms with Crippen molar-refractivity contribution >= 4 is 43.5 Å². The number of anilines is 1. The number of carbonyl (C=O) groups excluding carboxylic acids is 1. The van der Waals surface area contributed by atoms with Crippen molar-refractivity contribution in [1.29, 1.82) is 0 Å². The van der Waals surface area contributed by atoms with E-state index in [2.05, 4.69) is 42.3 Å². The van der Waals surface area contributed by atoms with E-state index in [-0.39, 0.29) is 5.91 Å². The van der Waals surface area contributed by atoms with Gasteiger partial charge in [-0.05, 0) is 34.1 Å². The molecule has 0 spiro atoms. The van der Waals surface area contributed by atoms with Gasteiger partial charge in [0.2, 0.25) is 0 Å². The molecule has 0 bridgehead atoms. The van der Waals surface area contributed by atoms with Gasteiger partial charge in [0.1, 0.15) is 0 Å². The van der Waals surface area contributed by atoms with Crippen molar-refractivity contribution in [2.45, 2.75) is 0 Å². The van der Waals surface area contributed by atoms with E-state index >= 15 is 0 Å². The van der Waals surface area contributed by atoms with Crippen molar-refractivity contribution < 1.29 is 4.79 Å². The third-order valence-electron chi connectivity index (χ3n) is 2.14. The molecule has 4 nitrogen and oxygen atoms in total. The summed E-state index contributed by atoms with van der Waals surface area (Å²) in [6.07, 6.45) is 3.34. The van der Waals surface area contributed by atoms with Crippen molar-refractivity contribution in [3.63, 3.8) is 0 Å². The molecule has 17 heavy (non-hydrogen) atoms. The Morgan fingerprint density at radius 2 is 2.18 bits per heavy atom. The molecule has 0 aliphatic heterocycles. The Hall–Kier alpha value is -1.14. The van der Waals surface area contributed by atoms with Crippen LogP contribution in [0.5, 0.6) is 0 Å². The summed E-state index contributed by atoms with van der Waals surface area (Å²) < 4.78 is 3.24. The van der Waals surface area contributed by atoms with Gasteiger partial charge in [0.25, 0.3) is 5.91 Å². The molecule has 2 aromatic rings. The highest BCUT2D eigenvalue weighted by Crippen LogP contribution is 2.22. The lowest BCUT2D eigenvalue weighted by molar-refractivity contribution is 0.102. The third-order valence-corrected chi connectivity index (χ3v) is 3.32. The first kappa shape index (κ1) is 12.3. The fourth-order valence-electron chi connectivity index (χ4n) is 1.36. The predicted octanol–water partition coefficient (Wildman–Crippen LogP) is 3.20. The lowest BCUT2D eigenvalue weighted by Crippen LogP contribution is -2.12. The highest BCUT2D eigenvalue weighted by molar-refractivity contribution is 9.11. The maximum Gasteiger partial charge on any atom is 0.256 e. The normalized spacial score (nSPS) is 10.3. The third kappa shape index (κ3) is 2.95. The van der Waals surface area contributed by atoms with E-state index < -0.39 is 0 Å². The minimum atomic E-state index is -0.175. The zero-order valence-electron chi connectivity index (χ0n) is 8.95. The van der Waals surface area contributed by atoms with Crippen LogP contribution in [0.4, 0.5) is 5.69 Å². The van der Waals surface area contributed by atoms with Crippen LogP contribution in [0.15, 0.2) is 39.5 Å². The number of hydrogen-bond acceptors (Lipinski definition) is 2. The molecule has 0 radical (unpaired) electrons. The molecule has 0 unspecified atom stereocenters. The van der Waals surface area contributed by atoms with Crippen LogP contribution in [0.25, 0.3) is 0 Å². The van der Waals surface area contributed by atoms with Gasteiger partial charge in [0, 0.05) is 22.2 Å². The summed E-state index contributed by atoms with van der Waals surface area (Å²) in [4.78, 5) is 12.0. The van der Waals surface area contributed by atoms with Crippen LogP contribution in [0.2, 0.25) is 0 Å². The first-order chi connectivity index (χ1) is 8.06. The number of amides is 1. The summed E-state index contributed by atoms with van der Waals surface area (Å²) in [5.41, 5.74) is 1.24. The Kier molecular flexibility index (Phi) is 3.63. The fraction of sp³-hybridized carbons (Fsp3) is 0.0909.